The molecule has 4 N–H and O–H groups in total. The van der Waals surface area contributed by atoms with Crippen LogP contribution >= 0.6 is 12.4 Å². The highest BCUT2D eigenvalue weighted by Gasteiger charge is 2.17. The Bertz CT molecular complexity index is 536. The molecule has 4 nitrogen and oxygen atoms in total. The van der Waals surface area contributed by atoms with E-state index in [1.165, 1.54) is 0 Å². The Kier molecular flexibility index (Phi) is 4.76. The van der Waals surface area contributed by atoms with Gasteiger partial charge in [0.2, 0.25) is 5.91 Å². The van der Waals surface area contributed by atoms with E-state index in [1.54, 1.807) is 0 Å². The van der Waals surface area contributed by atoms with Gasteiger partial charge in [-0.25, -0.2) is 0 Å². The molecule has 1 aromatic carbocycles. The molecule has 0 spiro atoms. The van der Waals surface area contributed by atoms with Crippen LogP contribution < -0.4 is 11.1 Å². The normalized spacial score (nSPS) is 13.7. The number of aromatic amines is 1. The van der Waals surface area contributed by atoms with Gasteiger partial charge in [-0.05, 0) is 25.1 Å². The van der Waals surface area contributed by atoms with Gasteiger partial charge < -0.3 is 16.0 Å². The number of H-pyrrole nitrogens is 1. The van der Waals surface area contributed by atoms with Crippen LogP contribution in [0.3, 0.4) is 0 Å². The minimum Gasteiger partial charge on any atom is -0.361 e. The number of hydrogen-bond acceptors (Lipinski definition) is 2. The van der Waals surface area contributed by atoms with Crippen molar-refractivity contribution in [2.45, 2.75) is 19.9 Å². The molecule has 2 aromatic rings. The Morgan fingerprint density at radius 2 is 2.06 bits per heavy atom. The van der Waals surface area contributed by atoms with Crippen molar-refractivity contribution in [3.8, 4) is 0 Å². The van der Waals surface area contributed by atoms with Crippen LogP contribution in [-0.2, 0) is 4.79 Å². The number of nitrogens with two attached hydrogens (primary N) is 1. The van der Waals surface area contributed by atoms with E-state index < -0.39 is 0 Å². The molecule has 0 aliphatic carbocycles. The lowest BCUT2D eigenvalue weighted by Crippen LogP contribution is -2.34. The lowest BCUT2D eigenvalue weighted by molar-refractivity contribution is -0.119. The van der Waals surface area contributed by atoms with Crippen molar-refractivity contribution in [1.29, 1.82) is 0 Å². The summed E-state index contributed by atoms with van der Waals surface area (Å²) < 4.78 is 0. The summed E-state index contributed by atoms with van der Waals surface area (Å²) in [6.45, 7) is 3.67. The topological polar surface area (TPSA) is 70.9 Å². The summed E-state index contributed by atoms with van der Waals surface area (Å²) in [5.74, 6) is -0.252. The molecule has 0 aliphatic rings. The van der Waals surface area contributed by atoms with E-state index in [9.17, 15) is 4.79 Å². The maximum absolute atomic E-state index is 11.9. The summed E-state index contributed by atoms with van der Waals surface area (Å²) in [7, 11) is 0. The monoisotopic (exact) mass is 267 g/mol. The van der Waals surface area contributed by atoms with Gasteiger partial charge in [0, 0.05) is 23.1 Å². The average molecular weight is 268 g/mol. The number of hydrogen-bond donors (Lipinski definition) is 3. The fourth-order valence-electron chi connectivity index (χ4n) is 1.68. The van der Waals surface area contributed by atoms with Crippen LogP contribution in [0.5, 0.6) is 0 Å². The predicted molar refractivity (Wildman–Crippen MR) is 77.0 cm³/mol. The summed E-state index contributed by atoms with van der Waals surface area (Å²) in [4.78, 5) is 15.0. The summed E-state index contributed by atoms with van der Waals surface area (Å²) in [5.41, 5.74) is 7.55. The predicted octanol–water partition coefficient (Wildman–Crippen LogP) is 2.51. The third-order valence-corrected chi connectivity index (χ3v) is 3.06. The van der Waals surface area contributed by atoms with Crippen LogP contribution in [0.15, 0.2) is 30.5 Å². The molecule has 2 rings (SSSR count). The van der Waals surface area contributed by atoms with Gasteiger partial charge in [-0.2, -0.15) is 0 Å². The second-order valence-electron chi connectivity index (χ2n) is 4.38. The third-order valence-electron chi connectivity index (χ3n) is 3.06. The largest absolute Gasteiger partial charge is 0.361 e. The molecular weight excluding hydrogens is 250 g/mol. The zero-order valence-corrected chi connectivity index (χ0v) is 11.3. The van der Waals surface area contributed by atoms with Crippen molar-refractivity contribution < 1.29 is 4.79 Å². The Labute approximate surface area is 112 Å². The standard InChI is InChI=1S/C13H17N3O.ClH/c1-8(9(2)14)13(17)16-12-5-3-4-11-10(12)6-7-15-11;/h3-9,15H,14H2,1-2H3,(H,16,17);1H. The highest BCUT2D eigenvalue weighted by Crippen LogP contribution is 2.22. The van der Waals surface area contributed by atoms with Crippen molar-refractivity contribution in [2.75, 3.05) is 5.32 Å². The molecule has 1 heterocycles. The molecule has 0 bridgehead atoms. The van der Waals surface area contributed by atoms with Crippen molar-refractivity contribution in [3.05, 3.63) is 30.5 Å². The number of carbonyl (C=O) groups is 1. The van der Waals surface area contributed by atoms with Crippen LogP contribution in [0, 0.1) is 5.92 Å². The number of carbonyl (C=O) groups excluding carboxylic acids is 1. The van der Waals surface area contributed by atoms with E-state index in [-0.39, 0.29) is 30.3 Å². The lowest BCUT2D eigenvalue weighted by Gasteiger charge is -2.15. The molecule has 1 aromatic heterocycles. The fourth-order valence-corrected chi connectivity index (χ4v) is 1.68. The molecule has 5 heteroatoms. The smallest absolute Gasteiger partial charge is 0.228 e. The maximum atomic E-state index is 11.9. The molecule has 1 amide bonds. The van der Waals surface area contributed by atoms with Crippen molar-refractivity contribution in [2.24, 2.45) is 11.7 Å². The summed E-state index contributed by atoms with van der Waals surface area (Å²) in [6.07, 6.45) is 1.86. The highest BCUT2D eigenvalue weighted by molar-refractivity contribution is 6.02. The molecule has 0 saturated heterocycles. The fraction of sp³-hybridized carbons (Fsp3) is 0.308. The van der Waals surface area contributed by atoms with Gasteiger partial charge in [0.1, 0.15) is 0 Å². The van der Waals surface area contributed by atoms with E-state index in [2.05, 4.69) is 10.3 Å². The lowest BCUT2D eigenvalue weighted by atomic mass is 10.0. The van der Waals surface area contributed by atoms with Gasteiger partial charge in [0.25, 0.3) is 0 Å². The molecule has 2 unspecified atom stereocenters. The van der Waals surface area contributed by atoms with E-state index in [0.29, 0.717) is 0 Å². The first-order valence-corrected chi connectivity index (χ1v) is 5.72. The van der Waals surface area contributed by atoms with Crippen molar-refractivity contribution in [3.63, 3.8) is 0 Å². The number of amides is 1. The molecule has 0 aliphatic heterocycles. The van der Waals surface area contributed by atoms with E-state index >= 15 is 0 Å². The van der Waals surface area contributed by atoms with Crippen LogP contribution in [0.4, 0.5) is 5.69 Å². The number of anilines is 1. The molecule has 2 atom stereocenters. The van der Waals surface area contributed by atoms with Crippen molar-refractivity contribution >= 4 is 34.9 Å². The summed E-state index contributed by atoms with van der Waals surface area (Å²) in [6, 6.07) is 7.56. The van der Waals surface area contributed by atoms with Gasteiger partial charge in [0.15, 0.2) is 0 Å². The zero-order valence-electron chi connectivity index (χ0n) is 10.4. The van der Waals surface area contributed by atoms with Crippen LogP contribution in [0.1, 0.15) is 13.8 Å². The van der Waals surface area contributed by atoms with Gasteiger partial charge in [0.05, 0.1) is 11.6 Å². The number of halogens is 1. The van der Waals surface area contributed by atoms with E-state index in [0.717, 1.165) is 16.6 Å². The molecule has 0 radical (unpaired) electrons. The minimum atomic E-state index is -0.204. The zero-order chi connectivity index (χ0) is 12.4. The summed E-state index contributed by atoms with van der Waals surface area (Å²) in [5, 5.41) is 3.92. The molecule has 0 fully saturated rings. The van der Waals surface area contributed by atoms with Gasteiger partial charge >= 0.3 is 0 Å². The summed E-state index contributed by atoms with van der Waals surface area (Å²) >= 11 is 0. The Morgan fingerprint density at radius 1 is 1.33 bits per heavy atom. The van der Waals surface area contributed by atoms with Gasteiger partial charge in [-0.3, -0.25) is 4.79 Å². The first-order valence-electron chi connectivity index (χ1n) is 5.72. The van der Waals surface area contributed by atoms with Gasteiger partial charge in [-0.1, -0.05) is 13.0 Å². The highest BCUT2D eigenvalue weighted by atomic mass is 35.5. The number of aromatic nitrogens is 1. The number of rotatable bonds is 3. The van der Waals surface area contributed by atoms with Crippen LogP contribution in [0.25, 0.3) is 10.9 Å². The SMILES string of the molecule is CC(N)C(C)C(=O)Nc1cccc2[nH]ccc12.Cl. The first kappa shape index (κ1) is 14.5. The molecule has 0 saturated carbocycles. The molecular formula is C13H18ClN3O. The maximum Gasteiger partial charge on any atom is 0.228 e. The molecule has 98 valence electrons. The van der Waals surface area contributed by atoms with E-state index in [4.69, 9.17) is 5.73 Å². The quantitative estimate of drug-likeness (QED) is 0.800. The second kappa shape index (κ2) is 5.89. The van der Waals surface area contributed by atoms with Crippen LogP contribution in [0.2, 0.25) is 0 Å². The average Bonchev–Trinajstić information content (AvgIpc) is 2.76. The first-order chi connectivity index (χ1) is 8.09. The second-order valence-corrected chi connectivity index (χ2v) is 4.38. The number of fused-ring (bicyclic) bond motifs is 1. The van der Waals surface area contributed by atoms with E-state index in [1.807, 2.05) is 44.3 Å². The molecule has 18 heavy (non-hydrogen) atoms. The van der Waals surface area contributed by atoms with Crippen LogP contribution in [-0.4, -0.2) is 16.9 Å². The number of nitrogens with one attached hydrogen (secondary N) is 2. The minimum absolute atomic E-state index is 0. The Hall–Kier alpha value is -1.52. The number of benzene rings is 1. The van der Waals surface area contributed by atoms with Crippen molar-refractivity contribution in [1.82, 2.24) is 4.98 Å². The Balaban J connectivity index is 0.00000162. The van der Waals surface area contributed by atoms with Gasteiger partial charge in [-0.15, -0.1) is 12.4 Å². The third kappa shape index (κ3) is 2.83. The Morgan fingerprint density at radius 3 is 2.72 bits per heavy atom.